The van der Waals surface area contributed by atoms with E-state index >= 15 is 0 Å². The Morgan fingerprint density at radius 2 is 2.19 bits per heavy atom. The van der Waals surface area contributed by atoms with Crippen molar-refractivity contribution < 1.29 is 13.9 Å². The van der Waals surface area contributed by atoms with Gasteiger partial charge in [-0.15, -0.1) is 11.3 Å². The number of para-hydroxylation sites is 1. The summed E-state index contributed by atoms with van der Waals surface area (Å²) in [6.07, 6.45) is 2.02. The van der Waals surface area contributed by atoms with Crippen LogP contribution in [0.3, 0.4) is 0 Å². The molecule has 1 aromatic carbocycles. The number of amides is 1. The summed E-state index contributed by atoms with van der Waals surface area (Å²) < 4.78 is 18.8. The summed E-state index contributed by atoms with van der Waals surface area (Å²) in [7, 11) is 0. The lowest BCUT2D eigenvalue weighted by molar-refractivity contribution is 0.0957. The molecule has 0 aliphatic carbocycles. The van der Waals surface area contributed by atoms with E-state index < -0.39 is 0 Å². The van der Waals surface area contributed by atoms with E-state index in [2.05, 4.69) is 12.2 Å². The SMILES string of the molecule is CCCCNC(=O)c1cc(COc2ccccc2F)cs1. The molecule has 3 nitrogen and oxygen atoms in total. The molecule has 0 radical (unpaired) electrons. The minimum Gasteiger partial charge on any atom is -0.486 e. The van der Waals surface area contributed by atoms with Gasteiger partial charge >= 0.3 is 0 Å². The Bertz CT molecular complexity index is 597. The molecule has 0 spiro atoms. The number of hydrogen-bond donors (Lipinski definition) is 1. The van der Waals surface area contributed by atoms with Crippen molar-refractivity contribution in [1.29, 1.82) is 0 Å². The minimum absolute atomic E-state index is 0.0643. The largest absolute Gasteiger partial charge is 0.486 e. The van der Waals surface area contributed by atoms with Gasteiger partial charge in [-0.2, -0.15) is 0 Å². The predicted octanol–water partition coefficient (Wildman–Crippen LogP) is 4.00. The second-order valence-electron chi connectivity index (χ2n) is 4.65. The summed E-state index contributed by atoms with van der Waals surface area (Å²) >= 11 is 1.37. The number of benzene rings is 1. The van der Waals surface area contributed by atoms with E-state index in [0.717, 1.165) is 18.4 Å². The van der Waals surface area contributed by atoms with Crippen molar-refractivity contribution in [1.82, 2.24) is 5.32 Å². The summed E-state index contributed by atoms with van der Waals surface area (Å²) in [5, 5.41) is 4.72. The number of rotatable bonds is 7. The van der Waals surface area contributed by atoms with Crippen LogP contribution in [0.25, 0.3) is 0 Å². The maximum Gasteiger partial charge on any atom is 0.261 e. The zero-order valence-corrected chi connectivity index (χ0v) is 12.7. The quantitative estimate of drug-likeness (QED) is 0.785. The van der Waals surface area contributed by atoms with Gasteiger partial charge in [0.1, 0.15) is 6.61 Å². The highest BCUT2D eigenvalue weighted by Crippen LogP contribution is 2.20. The summed E-state index contributed by atoms with van der Waals surface area (Å²) in [5.41, 5.74) is 0.865. The third-order valence-electron chi connectivity index (χ3n) is 2.92. The molecule has 2 rings (SSSR count). The van der Waals surface area contributed by atoms with Crippen molar-refractivity contribution in [3.05, 3.63) is 52.0 Å². The molecule has 1 aromatic heterocycles. The van der Waals surface area contributed by atoms with E-state index in [1.807, 2.05) is 5.38 Å². The number of halogens is 1. The Hall–Kier alpha value is -1.88. The molecule has 0 saturated carbocycles. The first kappa shape index (κ1) is 15.5. The molecule has 0 aliphatic heterocycles. The highest BCUT2D eigenvalue weighted by atomic mass is 32.1. The van der Waals surface area contributed by atoms with Crippen LogP contribution in [0.5, 0.6) is 5.75 Å². The minimum atomic E-state index is -0.384. The van der Waals surface area contributed by atoms with Crippen molar-refractivity contribution in [2.24, 2.45) is 0 Å². The molecule has 1 heterocycles. The highest BCUT2D eigenvalue weighted by Gasteiger charge is 2.09. The molecule has 1 N–H and O–H groups in total. The summed E-state index contributed by atoms with van der Waals surface area (Å²) in [6, 6.07) is 8.06. The molecule has 112 valence electrons. The van der Waals surface area contributed by atoms with Crippen molar-refractivity contribution in [3.63, 3.8) is 0 Å². The van der Waals surface area contributed by atoms with Gasteiger partial charge in [-0.3, -0.25) is 4.79 Å². The number of nitrogens with one attached hydrogen (secondary N) is 1. The van der Waals surface area contributed by atoms with Crippen LogP contribution in [0, 0.1) is 5.82 Å². The van der Waals surface area contributed by atoms with Crippen LogP contribution in [0.1, 0.15) is 35.0 Å². The van der Waals surface area contributed by atoms with E-state index in [-0.39, 0.29) is 24.1 Å². The summed E-state index contributed by atoms with van der Waals surface area (Å²) in [4.78, 5) is 12.5. The van der Waals surface area contributed by atoms with E-state index in [9.17, 15) is 9.18 Å². The van der Waals surface area contributed by atoms with Crippen LogP contribution in [0.4, 0.5) is 4.39 Å². The smallest absolute Gasteiger partial charge is 0.261 e. The number of carbonyl (C=O) groups is 1. The molecule has 0 fully saturated rings. The van der Waals surface area contributed by atoms with Crippen molar-refractivity contribution in [2.45, 2.75) is 26.4 Å². The number of hydrogen-bond acceptors (Lipinski definition) is 3. The van der Waals surface area contributed by atoms with E-state index in [4.69, 9.17) is 4.74 Å². The molecule has 2 aromatic rings. The van der Waals surface area contributed by atoms with Gasteiger partial charge in [-0.05, 0) is 30.0 Å². The second-order valence-corrected chi connectivity index (χ2v) is 5.56. The van der Waals surface area contributed by atoms with Crippen molar-refractivity contribution >= 4 is 17.2 Å². The fourth-order valence-corrected chi connectivity index (χ4v) is 2.57. The Morgan fingerprint density at radius 1 is 1.38 bits per heavy atom. The zero-order chi connectivity index (χ0) is 15.1. The Labute approximate surface area is 127 Å². The van der Waals surface area contributed by atoms with Gasteiger partial charge in [0, 0.05) is 12.1 Å². The topological polar surface area (TPSA) is 38.3 Å². The van der Waals surface area contributed by atoms with Crippen LogP contribution in [0.15, 0.2) is 35.7 Å². The molecule has 21 heavy (non-hydrogen) atoms. The average molecular weight is 307 g/mol. The number of carbonyl (C=O) groups excluding carboxylic acids is 1. The first-order valence-corrected chi connectivity index (χ1v) is 7.81. The van der Waals surface area contributed by atoms with E-state index in [0.29, 0.717) is 11.4 Å². The number of unbranched alkanes of at least 4 members (excludes halogenated alkanes) is 1. The Balaban J connectivity index is 1.88. The van der Waals surface area contributed by atoms with Gasteiger partial charge in [0.15, 0.2) is 11.6 Å². The molecule has 0 bridgehead atoms. The fourth-order valence-electron chi connectivity index (χ4n) is 1.76. The molecule has 0 aliphatic rings. The average Bonchev–Trinajstić information content (AvgIpc) is 2.95. The number of thiophene rings is 1. The molecule has 1 amide bonds. The lowest BCUT2D eigenvalue weighted by Crippen LogP contribution is -2.23. The number of ether oxygens (including phenoxy) is 1. The Morgan fingerprint density at radius 3 is 2.95 bits per heavy atom. The zero-order valence-electron chi connectivity index (χ0n) is 11.9. The van der Waals surface area contributed by atoms with Crippen LogP contribution < -0.4 is 10.1 Å². The first-order valence-electron chi connectivity index (χ1n) is 6.93. The van der Waals surface area contributed by atoms with E-state index in [1.54, 1.807) is 24.3 Å². The highest BCUT2D eigenvalue weighted by molar-refractivity contribution is 7.12. The first-order chi connectivity index (χ1) is 10.2. The standard InChI is InChI=1S/C16H18FNO2S/c1-2-3-8-18-16(19)15-9-12(11-21-15)10-20-14-7-5-4-6-13(14)17/h4-7,9,11H,2-3,8,10H2,1H3,(H,18,19). The predicted molar refractivity (Wildman–Crippen MR) is 82.3 cm³/mol. The van der Waals surface area contributed by atoms with Crippen LogP contribution >= 0.6 is 11.3 Å². The van der Waals surface area contributed by atoms with Crippen molar-refractivity contribution in [2.75, 3.05) is 6.54 Å². The molecular formula is C16H18FNO2S. The van der Waals surface area contributed by atoms with Crippen molar-refractivity contribution in [3.8, 4) is 5.75 Å². The van der Waals surface area contributed by atoms with Gasteiger partial charge in [0.25, 0.3) is 5.91 Å². The normalized spacial score (nSPS) is 10.4. The summed E-state index contributed by atoms with van der Waals surface area (Å²) in [6.45, 7) is 3.02. The third-order valence-corrected chi connectivity index (χ3v) is 3.90. The maximum atomic E-state index is 13.4. The monoisotopic (exact) mass is 307 g/mol. The van der Waals surface area contributed by atoms with Gasteiger partial charge < -0.3 is 10.1 Å². The molecular weight excluding hydrogens is 289 g/mol. The fraction of sp³-hybridized carbons (Fsp3) is 0.312. The Kier molecular flexibility index (Phi) is 5.75. The van der Waals surface area contributed by atoms with Gasteiger partial charge in [-0.1, -0.05) is 25.5 Å². The van der Waals surface area contributed by atoms with Crippen LogP contribution in [0.2, 0.25) is 0 Å². The molecule has 0 atom stereocenters. The van der Waals surface area contributed by atoms with Gasteiger partial charge in [0.2, 0.25) is 0 Å². The molecule has 0 saturated heterocycles. The van der Waals surface area contributed by atoms with Gasteiger partial charge in [-0.25, -0.2) is 4.39 Å². The molecule has 5 heteroatoms. The lowest BCUT2D eigenvalue weighted by atomic mass is 10.3. The third kappa shape index (κ3) is 4.56. The van der Waals surface area contributed by atoms with E-state index in [1.165, 1.54) is 17.4 Å². The summed E-state index contributed by atoms with van der Waals surface area (Å²) in [5.74, 6) is -0.228. The lowest BCUT2D eigenvalue weighted by Gasteiger charge is -2.05. The van der Waals surface area contributed by atoms with Gasteiger partial charge in [0.05, 0.1) is 4.88 Å². The maximum absolute atomic E-state index is 13.4. The molecule has 0 unspecified atom stereocenters. The van der Waals surface area contributed by atoms with Crippen LogP contribution in [-0.2, 0) is 6.61 Å². The van der Waals surface area contributed by atoms with Crippen LogP contribution in [-0.4, -0.2) is 12.5 Å². The second kappa shape index (κ2) is 7.78.